The van der Waals surface area contributed by atoms with Gasteiger partial charge in [0.25, 0.3) is 5.56 Å². The van der Waals surface area contributed by atoms with Crippen molar-refractivity contribution in [2.75, 3.05) is 18.0 Å². The first-order valence-corrected chi connectivity index (χ1v) is 10.5. The van der Waals surface area contributed by atoms with Gasteiger partial charge in [0.2, 0.25) is 0 Å². The van der Waals surface area contributed by atoms with E-state index in [1.165, 1.54) is 4.57 Å². The average Bonchev–Trinajstić information content (AvgIpc) is 2.76. The van der Waals surface area contributed by atoms with Gasteiger partial charge in [-0.15, -0.1) is 0 Å². The zero-order chi connectivity index (χ0) is 24.0. The molecule has 4 rings (SSSR count). The van der Waals surface area contributed by atoms with Gasteiger partial charge in [0.05, 0.1) is 22.4 Å². The van der Waals surface area contributed by atoms with Crippen LogP contribution in [0.25, 0.3) is 11.0 Å². The van der Waals surface area contributed by atoms with Crippen LogP contribution in [0, 0.1) is 11.3 Å². The Hall–Kier alpha value is -3.16. The van der Waals surface area contributed by atoms with Crippen molar-refractivity contribution in [1.82, 2.24) is 14.5 Å². The zero-order valence-corrected chi connectivity index (χ0v) is 18.3. The van der Waals surface area contributed by atoms with E-state index in [0.29, 0.717) is 16.7 Å². The van der Waals surface area contributed by atoms with Gasteiger partial charge in [0.1, 0.15) is 22.3 Å². The highest BCUT2D eigenvalue weighted by Gasteiger charge is 2.36. The number of piperidine rings is 1. The number of hydrogen-bond acceptors (Lipinski definition) is 6. The van der Waals surface area contributed by atoms with Crippen molar-refractivity contribution in [3.63, 3.8) is 0 Å². The number of anilines is 1. The summed E-state index contributed by atoms with van der Waals surface area (Å²) in [4.78, 5) is 22.9. The summed E-state index contributed by atoms with van der Waals surface area (Å²) in [6.45, 7) is 0.529. The molecule has 0 amide bonds. The number of pyridine rings is 3. The van der Waals surface area contributed by atoms with Gasteiger partial charge in [-0.25, -0.2) is 4.98 Å². The van der Waals surface area contributed by atoms with Crippen LogP contribution in [0.2, 0.25) is 5.15 Å². The first-order chi connectivity index (χ1) is 15.5. The fourth-order valence-corrected chi connectivity index (χ4v) is 4.34. The van der Waals surface area contributed by atoms with Gasteiger partial charge in [-0.05, 0) is 37.1 Å². The topological polar surface area (TPSA) is 95.0 Å². The first-order valence-electron chi connectivity index (χ1n) is 10.1. The van der Waals surface area contributed by atoms with Gasteiger partial charge in [-0.2, -0.15) is 18.4 Å². The summed E-state index contributed by atoms with van der Waals surface area (Å²) < 4.78 is 40.3. The maximum absolute atomic E-state index is 13.0. The second-order valence-corrected chi connectivity index (χ2v) is 8.51. The Morgan fingerprint density at radius 3 is 2.61 bits per heavy atom. The van der Waals surface area contributed by atoms with E-state index in [-0.39, 0.29) is 48.8 Å². The van der Waals surface area contributed by atoms with E-state index in [1.807, 2.05) is 6.07 Å². The molecule has 0 atom stereocenters. The Balaban J connectivity index is 1.63. The lowest BCUT2D eigenvalue weighted by Gasteiger charge is -2.39. The molecule has 1 saturated heterocycles. The van der Waals surface area contributed by atoms with E-state index in [1.54, 1.807) is 24.1 Å². The summed E-state index contributed by atoms with van der Waals surface area (Å²) in [6.07, 6.45) is -3.05. The van der Waals surface area contributed by atoms with Gasteiger partial charge in [-0.3, -0.25) is 9.78 Å². The molecule has 7 nitrogen and oxygen atoms in total. The number of halogens is 4. The highest BCUT2D eigenvalue weighted by molar-refractivity contribution is 6.29. The molecule has 1 aliphatic heterocycles. The molecule has 0 spiro atoms. The average molecular weight is 478 g/mol. The standard InChI is InChI=1S/C22H19ClF3N5O2/c1-30-16-2-3-17(23)29-18(16)19(15(12-27)20(30)32)31-8-5-21(33,6-9-31)11-14-10-13(4-7-28-14)22(24,25)26/h2-4,7,10,33H,5-6,8-9,11H2,1H3. The van der Waals surface area contributed by atoms with Crippen LogP contribution in [0.3, 0.4) is 0 Å². The number of aryl methyl sites for hydroxylation is 1. The van der Waals surface area contributed by atoms with Crippen LogP contribution in [0.4, 0.5) is 18.9 Å². The van der Waals surface area contributed by atoms with Crippen molar-refractivity contribution in [2.24, 2.45) is 7.05 Å². The molecule has 0 unspecified atom stereocenters. The largest absolute Gasteiger partial charge is 0.416 e. The molecule has 0 aromatic carbocycles. The molecule has 0 aliphatic carbocycles. The summed E-state index contributed by atoms with van der Waals surface area (Å²) in [5.74, 6) is 0. The van der Waals surface area contributed by atoms with Crippen LogP contribution in [-0.4, -0.2) is 38.3 Å². The monoisotopic (exact) mass is 477 g/mol. The van der Waals surface area contributed by atoms with Crippen LogP contribution in [0.15, 0.2) is 35.3 Å². The maximum Gasteiger partial charge on any atom is 0.416 e. The first kappa shape index (κ1) is 23.0. The fraction of sp³-hybridized carbons (Fsp3) is 0.364. The zero-order valence-electron chi connectivity index (χ0n) is 17.5. The molecule has 3 aromatic rings. The number of aliphatic hydroxyl groups is 1. The third-order valence-corrected chi connectivity index (χ3v) is 6.17. The van der Waals surface area contributed by atoms with Crippen LogP contribution in [-0.2, 0) is 19.6 Å². The molecule has 0 bridgehead atoms. The van der Waals surface area contributed by atoms with E-state index < -0.39 is 22.9 Å². The van der Waals surface area contributed by atoms with E-state index in [9.17, 15) is 28.3 Å². The molecule has 4 heterocycles. The number of nitrogens with zero attached hydrogens (tertiary/aromatic N) is 5. The van der Waals surface area contributed by atoms with E-state index >= 15 is 0 Å². The summed E-state index contributed by atoms with van der Waals surface area (Å²) in [5, 5.41) is 20.9. The minimum Gasteiger partial charge on any atom is -0.389 e. The summed E-state index contributed by atoms with van der Waals surface area (Å²) in [7, 11) is 1.54. The molecular formula is C22H19ClF3N5O2. The number of fused-ring (bicyclic) bond motifs is 1. The molecule has 1 aliphatic rings. The Morgan fingerprint density at radius 2 is 1.97 bits per heavy atom. The SMILES string of the molecule is Cn1c(=O)c(C#N)c(N2CCC(O)(Cc3cc(C(F)(F)F)ccn3)CC2)c2nc(Cl)ccc21. The van der Waals surface area contributed by atoms with Crippen molar-refractivity contribution in [3.05, 3.63) is 62.8 Å². The second kappa shape index (κ2) is 8.32. The van der Waals surface area contributed by atoms with Gasteiger partial charge >= 0.3 is 6.18 Å². The summed E-state index contributed by atoms with van der Waals surface area (Å²) in [6, 6.07) is 6.99. The molecule has 172 valence electrons. The van der Waals surface area contributed by atoms with Crippen molar-refractivity contribution >= 4 is 28.3 Å². The molecule has 0 radical (unpaired) electrons. The number of aromatic nitrogens is 3. The number of nitriles is 1. The molecule has 1 fully saturated rings. The Bertz CT molecular complexity index is 1320. The second-order valence-electron chi connectivity index (χ2n) is 8.12. The maximum atomic E-state index is 13.0. The molecule has 33 heavy (non-hydrogen) atoms. The third kappa shape index (κ3) is 4.38. The van der Waals surface area contributed by atoms with Crippen molar-refractivity contribution in [2.45, 2.75) is 31.0 Å². The lowest BCUT2D eigenvalue weighted by Crippen LogP contribution is -2.46. The third-order valence-electron chi connectivity index (χ3n) is 5.96. The van der Waals surface area contributed by atoms with Crippen LogP contribution in [0.1, 0.15) is 29.7 Å². The molecule has 3 aromatic heterocycles. The highest BCUT2D eigenvalue weighted by atomic mass is 35.5. The van der Waals surface area contributed by atoms with Crippen LogP contribution in [0.5, 0.6) is 0 Å². The number of rotatable bonds is 3. The summed E-state index contributed by atoms with van der Waals surface area (Å²) in [5.41, 5.74) is -1.26. The van der Waals surface area contributed by atoms with Crippen LogP contribution < -0.4 is 10.5 Å². The normalized spacial score (nSPS) is 16.1. The molecule has 1 N–H and O–H groups in total. The molecule has 11 heteroatoms. The smallest absolute Gasteiger partial charge is 0.389 e. The minimum absolute atomic E-state index is 0.0444. The van der Waals surface area contributed by atoms with E-state index in [2.05, 4.69) is 9.97 Å². The van der Waals surface area contributed by atoms with Crippen molar-refractivity contribution < 1.29 is 18.3 Å². The lowest BCUT2D eigenvalue weighted by atomic mass is 9.86. The van der Waals surface area contributed by atoms with Gasteiger partial charge in [-0.1, -0.05) is 11.6 Å². The van der Waals surface area contributed by atoms with Crippen molar-refractivity contribution in [3.8, 4) is 6.07 Å². The quantitative estimate of drug-likeness (QED) is 0.581. The predicted octanol–water partition coefficient (Wildman–Crippen LogP) is 3.45. The summed E-state index contributed by atoms with van der Waals surface area (Å²) >= 11 is 6.07. The van der Waals surface area contributed by atoms with E-state index in [0.717, 1.165) is 18.3 Å². The fourth-order valence-electron chi connectivity index (χ4n) is 4.19. The Labute approximate surface area is 191 Å². The minimum atomic E-state index is -4.49. The van der Waals surface area contributed by atoms with Crippen molar-refractivity contribution in [1.29, 1.82) is 5.26 Å². The van der Waals surface area contributed by atoms with Gasteiger partial charge in [0, 0.05) is 38.4 Å². The van der Waals surface area contributed by atoms with Gasteiger partial charge in [0.15, 0.2) is 0 Å². The Morgan fingerprint density at radius 1 is 1.27 bits per heavy atom. The number of alkyl halides is 3. The highest BCUT2D eigenvalue weighted by Crippen LogP contribution is 2.35. The Kier molecular flexibility index (Phi) is 5.80. The predicted molar refractivity (Wildman–Crippen MR) is 116 cm³/mol. The molecule has 0 saturated carbocycles. The van der Waals surface area contributed by atoms with Crippen LogP contribution >= 0.6 is 11.6 Å². The number of hydrogen-bond donors (Lipinski definition) is 1. The van der Waals surface area contributed by atoms with E-state index in [4.69, 9.17) is 11.6 Å². The lowest BCUT2D eigenvalue weighted by molar-refractivity contribution is -0.137. The molecular weight excluding hydrogens is 459 g/mol. The van der Waals surface area contributed by atoms with Gasteiger partial charge < -0.3 is 14.6 Å².